The molecule has 0 radical (unpaired) electrons. The SMILES string of the molecule is COc1cccc(/C=C(\C#N)C(=O)O[C@@H](C)C(=O)N2CC(=O)Nc3ccccc32)c1. The maximum absolute atomic E-state index is 12.8. The standard InChI is InChI=1S/C22H19N3O5/c1-14(21(27)25-13-20(26)24-18-8-3-4-9-19(18)25)30-22(28)16(12-23)10-15-6-5-7-17(11-15)29-2/h3-11,14H,13H2,1-2H3,(H,24,26)/b16-10+/t14-/m0/s1. The zero-order chi connectivity index (χ0) is 21.7. The second-order valence-electron chi connectivity index (χ2n) is 6.48. The number of anilines is 2. The lowest BCUT2D eigenvalue weighted by atomic mass is 10.1. The van der Waals surface area contributed by atoms with Gasteiger partial charge in [-0.2, -0.15) is 5.26 Å². The summed E-state index contributed by atoms with van der Waals surface area (Å²) in [6.45, 7) is 1.21. The van der Waals surface area contributed by atoms with E-state index in [0.29, 0.717) is 22.7 Å². The van der Waals surface area contributed by atoms with Crippen molar-refractivity contribution in [3.8, 4) is 11.8 Å². The number of ether oxygens (including phenoxy) is 2. The summed E-state index contributed by atoms with van der Waals surface area (Å²) in [5.74, 6) is -1.28. The van der Waals surface area contributed by atoms with Gasteiger partial charge in [-0.25, -0.2) is 4.79 Å². The largest absolute Gasteiger partial charge is 0.497 e. The van der Waals surface area contributed by atoms with E-state index in [-0.39, 0.29) is 18.0 Å². The average molecular weight is 405 g/mol. The van der Waals surface area contributed by atoms with Crippen LogP contribution in [-0.2, 0) is 19.1 Å². The quantitative estimate of drug-likeness (QED) is 0.465. The molecule has 152 valence electrons. The lowest BCUT2D eigenvalue weighted by molar-refractivity contribution is -0.149. The molecular weight excluding hydrogens is 386 g/mol. The molecule has 0 saturated heterocycles. The average Bonchev–Trinajstić information content (AvgIpc) is 2.76. The highest BCUT2D eigenvalue weighted by molar-refractivity contribution is 6.11. The highest BCUT2D eigenvalue weighted by atomic mass is 16.5. The number of rotatable bonds is 5. The van der Waals surface area contributed by atoms with Gasteiger partial charge in [-0.05, 0) is 42.8 Å². The van der Waals surface area contributed by atoms with E-state index < -0.39 is 18.0 Å². The molecule has 0 aliphatic carbocycles. The zero-order valence-electron chi connectivity index (χ0n) is 16.4. The molecule has 2 aromatic rings. The highest BCUT2D eigenvalue weighted by Gasteiger charge is 2.31. The van der Waals surface area contributed by atoms with E-state index in [0.717, 1.165) is 0 Å². The van der Waals surface area contributed by atoms with E-state index in [4.69, 9.17) is 9.47 Å². The van der Waals surface area contributed by atoms with E-state index >= 15 is 0 Å². The van der Waals surface area contributed by atoms with Crippen molar-refractivity contribution >= 4 is 35.2 Å². The van der Waals surface area contributed by atoms with Gasteiger partial charge in [-0.3, -0.25) is 14.5 Å². The molecule has 0 fully saturated rings. The van der Waals surface area contributed by atoms with E-state index in [1.54, 1.807) is 54.6 Å². The molecule has 1 aliphatic heterocycles. The summed E-state index contributed by atoms with van der Waals surface area (Å²) < 4.78 is 10.3. The highest BCUT2D eigenvalue weighted by Crippen LogP contribution is 2.29. The predicted molar refractivity (Wildman–Crippen MR) is 110 cm³/mol. The molecule has 3 rings (SSSR count). The number of nitrogens with one attached hydrogen (secondary N) is 1. The van der Waals surface area contributed by atoms with Gasteiger partial charge in [0.1, 0.15) is 23.9 Å². The molecule has 0 spiro atoms. The molecule has 2 amide bonds. The van der Waals surface area contributed by atoms with Crippen molar-refractivity contribution in [1.82, 2.24) is 0 Å². The molecule has 8 heteroatoms. The predicted octanol–water partition coefficient (Wildman–Crippen LogP) is 2.52. The van der Waals surface area contributed by atoms with Crippen molar-refractivity contribution in [2.45, 2.75) is 13.0 Å². The number of fused-ring (bicyclic) bond motifs is 1. The molecular formula is C22H19N3O5. The Kier molecular flexibility index (Phi) is 6.13. The number of carbonyl (C=O) groups excluding carboxylic acids is 3. The fourth-order valence-electron chi connectivity index (χ4n) is 2.96. The summed E-state index contributed by atoms with van der Waals surface area (Å²) in [7, 11) is 1.51. The molecule has 1 heterocycles. The third-order valence-electron chi connectivity index (χ3n) is 4.41. The summed E-state index contributed by atoms with van der Waals surface area (Å²) in [6, 6.07) is 15.4. The van der Waals surface area contributed by atoms with Gasteiger partial charge in [0.25, 0.3) is 5.91 Å². The van der Waals surface area contributed by atoms with E-state index in [2.05, 4.69) is 5.32 Å². The van der Waals surface area contributed by atoms with Gasteiger partial charge in [0.15, 0.2) is 6.10 Å². The minimum Gasteiger partial charge on any atom is -0.497 e. The van der Waals surface area contributed by atoms with E-state index in [9.17, 15) is 19.6 Å². The summed E-state index contributed by atoms with van der Waals surface area (Å²) in [4.78, 5) is 38.5. The number of amides is 2. The van der Waals surface area contributed by atoms with Crippen molar-refractivity contribution in [1.29, 1.82) is 5.26 Å². The minimum absolute atomic E-state index is 0.192. The Morgan fingerprint density at radius 2 is 2.00 bits per heavy atom. The lowest BCUT2D eigenvalue weighted by Gasteiger charge is -2.30. The number of hydrogen-bond donors (Lipinski definition) is 1. The number of nitriles is 1. The molecule has 0 bridgehead atoms. The van der Waals surface area contributed by atoms with Crippen LogP contribution in [0.4, 0.5) is 11.4 Å². The van der Waals surface area contributed by atoms with Crippen LogP contribution >= 0.6 is 0 Å². The first kappa shape index (κ1) is 20.6. The fourth-order valence-corrected chi connectivity index (χ4v) is 2.96. The number of esters is 1. The minimum atomic E-state index is -1.20. The first-order chi connectivity index (χ1) is 14.4. The van der Waals surface area contributed by atoms with Crippen LogP contribution in [0.3, 0.4) is 0 Å². The van der Waals surface area contributed by atoms with Gasteiger partial charge in [-0.15, -0.1) is 0 Å². The summed E-state index contributed by atoms with van der Waals surface area (Å²) in [6.07, 6.45) is 0.157. The molecule has 0 unspecified atom stereocenters. The maximum Gasteiger partial charge on any atom is 0.349 e. The topological polar surface area (TPSA) is 109 Å². The zero-order valence-corrected chi connectivity index (χ0v) is 16.4. The van der Waals surface area contributed by atoms with Crippen LogP contribution in [0.1, 0.15) is 12.5 Å². The van der Waals surface area contributed by atoms with Crippen molar-refractivity contribution in [3.63, 3.8) is 0 Å². The van der Waals surface area contributed by atoms with Crippen LogP contribution in [-0.4, -0.2) is 37.5 Å². The molecule has 30 heavy (non-hydrogen) atoms. The van der Waals surface area contributed by atoms with Crippen molar-refractivity contribution < 1.29 is 23.9 Å². The van der Waals surface area contributed by atoms with Crippen LogP contribution in [0.5, 0.6) is 5.75 Å². The monoisotopic (exact) mass is 405 g/mol. The van der Waals surface area contributed by atoms with Gasteiger partial charge >= 0.3 is 5.97 Å². The van der Waals surface area contributed by atoms with Gasteiger partial charge in [0, 0.05) is 0 Å². The van der Waals surface area contributed by atoms with Gasteiger partial charge in [0.05, 0.1) is 18.5 Å². The van der Waals surface area contributed by atoms with Crippen LogP contribution in [0.15, 0.2) is 54.1 Å². The van der Waals surface area contributed by atoms with Crippen molar-refractivity contribution in [3.05, 3.63) is 59.7 Å². The number of para-hydroxylation sites is 2. The molecule has 0 saturated carbocycles. The van der Waals surface area contributed by atoms with Gasteiger partial charge in [0.2, 0.25) is 5.91 Å². The second-order valence-corrected chi connectivity index (χ2v) is 6.48. The van der Waals surface area contributed by atoms with Crippen LogP contribution in [0.25, 0.3) is 6.08 Å². The number of hydrogen-bond acceptors (Lipinski definition) is 6. The molecule has 2 aromatic carbocycles. The van der Waals surface area contributed by atoms with Crippen LogP contribution < -0.4 is 15.0 Å². The van der Waals surface area contributed by atoms with Gasteiger partial charge < -0.3 is 14.8 Å². The number of nitrogens with zero attached hydrogens (tertiary/aromatic N) is 2. The normalized spacial score (nSPS) is 14.1. The van der Waals surface area contributed by atoms with Gasteiger partial charge in [-0.1, -0.05) is 24.3 Å². The first-order valence-electron chi connectivity index (χ1n) is 9.10. The molecule has 8 nitrogen and oxygen atoms in total. The fraction of sp³-hybridized carbons (Fsp3) is 0.182. The Balaban J connectivity index is 1.76. The van der Waals surface area contributed by atoms with Crippen molar-refractivity contribution in [2.24, 2.45) is 0 Å². The summed E-state index contributed by atoms with van der Waals surface area (Å²) in [5, 5.41) is 12.0. The Morgan fingerprint density at radius 3 is 2.73 bits per heavy atom. The third kappa shape index (κ3) is 4.47. The second kappa shape index (κ2) is 8.92. The van der Waals surface area contributed by atoms with Crippen molar-refractivity contribution in [2.75, 3.05) is 23.9 Å². The lowest BCUT2D eigenvalue weighted by Crippen LogP contribution is -2.47. The molecule has 1 N–H and O–H groups in total. The van der Waals surface area contributed by atoms with Crippen LogP contribution in [0.2, 0.25) is 0 Å². The Labute approximate surface area is 173 Å². The number of benzene rings is 2. The number of carbonyl (C=O) groups is 3. The van der Waals surface area contributed by atoms with E-state index in [1.807, 2.05) is 0 Å². The Hall–Kier alpha value is -4.12. The molecule has 0 aromatic heterocycles. The Morgan fingerprint density at radius 1 is 1.23 bits per heavy atom. The maximum atomic E-state index is 12.8. The van der Waals surface area contributed by atoms with Crippen LogP contribution in [0, 0.1) is 11.3 Å². The third-order valence-corrected chi connectivity index (χ3v) is 4.41. The first-order valence-corrected chi connectivity index (χ1v) is 9.10. The summed E-state index contributed by atoms with van der Waals surface area (Å²) >= 11 is 0. The molecule has 1 atom stereocenters. The summed E-state index contributed by atoms with van der Waals surface area (Å²) in [5.41, 5.74) is 1.32. The molecule has 1 aliphatic rings. The number of methoxy groups -OCH3 is 1. The smallest absolute Gasteiger partial charge is 0.349 e. The Bertz CT molecular complexity index is 1070. The van der Waals surface area contributed by atoms with E-state index in [1.165, 1.54) is 25.0 Å².